The van der Waals surface area contributed by atoms with Crippen molar-refractivity contribution in [3.8, 4) is 0 Å². The zero-order chi connectivity index (χ0) is 18.9. The van der Waals surface area contributed by atoms with Crippen LogP contribution >= 0.6 is 0 Å². The molecule has 0 aliphatic heterocycles. The summed E-state index contributed by atoms with van der Waals surface area (Å²) in [6, 6.07) is 0. The molecule has 3 heteroatoms. The smallest absolute Gasteiger partial charge is 0.308 e. The highest BCUT2D eigenvalue weighted by atomic mass is 16.5. The van der Waals surface area contributed by atoms with Crippen molar-refractivity contribution in [3.05, 3.63) is 0 Å². The number of rotatable bonds is 16. The van der Waals surface area contributed by atoms with Gasteiger partial charge in [0.1, 0.15) is 0 Å². The van der Waals surface area contributed by atoms with E-state index in [9.17, 15) is 4.79 Å². The fourth-order valence-electron chi connectivity index (χ4n) is 3.94. The van der Waals surface area contributed by atoms with E-state index in [2.05, 4.69) is 6.92 Å². The topological polar surface area (TPSA) is 35.5 Å². The maximum Gasteiger partial charge on any atom is 0.308 e. The zero-order valence-electron chi connectivity index (χ0n) is 17.6. The minimum Gasteiger partial charge on any atom is -0.465 e. The maximum absolute atomic E-state index is 12.0. The van der Waals surface area contributed by atoms with Gasteiger partial charge < -0.3 is 9.47 Å². The molecule has 0 radical (unpaired) electrons. The van der Waals surface area contributed by atoms with E-state index in [1.54, 1.807) is 7.11 Å². The fraction of sp³-hybridized carbons (Fsp3) is 0.957. The first-order chi connectivity index (χ1) is 12.8. The molecule has 1 aliphatic carbocycles. The molecule has 1 fully saturated rings. The Morgan fingerprint density at radius 1 is 0.731 bits per heavy atom. The predicted octanol–water partition coefficient (Wildman–Crippen LogP) is 6.83. The molecule has 1 rings (SSSR count). The van der Waals surface area contributed by atoms with Gasteiger partial charge in [-0.15, -0.1) is 0 Å². The summed E-state index contributed by atoms with van der Waals surface area (Å²) in [5, 5.41) is 0. The highest BCUT2D eigenvalue weighted by Gasteiger charge is 2.27. The molecule has 154 valence electrons. The van der Waals surface area contributed by atoms with Crippen LogP contribution in [0.5, 0.6) is 0 Å². The van der Waals surface area contributed by atoms with E-state index in [1.165, 1.54) is 77.0 Å². The lowest BCUT2D eigenvalue weighted by molar-refractivity contribution is -0.150. The Labute approximate surface area is 162 Å². The largest absolute Gasteiger partial charge is 0.465 e. The molecule has 0 amide bonds. The number of carbonyl (C=O) groups excluding carboxylic acids is 1. The average molecular weight is 369 g/mol. The molecular formula is C23H44O3. The third-order valence-electron chi connectivity index (χ3n) is 5.83. The molecule has 26 heavy (non-hydrogen) atoms. The van der Waals surface area contributed by atoms with Crippen molar-refractivity contribution < 1.29 is 14.3 Å². The standard InChI is InChI=1S/C23H44O3/c1-3-4-5-6-7-8-9-10-11-12-13-14-15-20-26-23(24)21-16-18-22(25-2)19-17-21/h21-22H,3-20H2,1-2H3. The van der Waals surface area contributed by atoms with Crippen LogP contribution in [0.3, 0.4) is 0 Å². The number of ether oxygens (including phenoxy) is 2. The van der Waals surface area contributed by atoms with Crippen LogP contribution in [-0.2, 0) is 14.3 Å². The van der Waals surface area contributed by atoms with E-state index < -0.39 is 0 Å². The Morgan fingerprint density at radius 2 is 1.19 bits per heavy atom. The zero-order valence-corrected chi connectivity index (χ0v) is 17.6. The van der Waals surface area contributed by atoms with Crippen LogP contribution in [0.15, 0.2) is 0 Å². The molecule has 0 aromatic rings. The molecular weight excluding hydrogens is 324 g/mol. The van der Waals surface area contributed by atoms with Gasteiger partial charge in [-0.2, -0.15) is 0 Å². The van der Waals surface area contributed by atoms with Gasteiger partial charge in [-0.05, 0) is 32.1 Å². The van der Waals surface area contributed by atoms with Crippen LogP contribution in [0, 0.1) is 5.92 Å². The molecule has 0 heterocycles. The molecule has 0 bridgehead atoms. The SMILES string of the molecule is CCCCCCCCCCCCCCCOC(=O)C1CCC(OC)CC1. The lowest BCUT2D eigenvalue weighted by Crippen LogP contribution is -2.27. The molecule has 0 saturated heterocycles. The summed E-state index contributed by atoms with van der Waals surface area (Å²) in [6.45, 7) is 2.89. The Morgan fingerprint density at radius 3 is 1.65 bits per heavy atom. The van der Waals surface area contributed by atoms with Crippen LogP contribution < -0.4 is 0 Å². The summed E-state index contributed by atoms with van der Waals surface area (Å²) < 4.78 is 10.8. The molecule has 1 saturated carbocycles. The Kier molecular flexibility index (Phi) is 15.0. The highest BCUT2D eigenvalue weighted by molar-refractivity contribution is 5.72. The Hall–Kier alpha value is -0.570. The van der Waals surface area contributed by atoms with Gasteiger partial charge in [0.05, 0.1) is 18.6 Å². The lowest BCUT2D eigenvalue weighted by atomic mass is 9.87. The molecule has 0 N–H and O–H groups in total. The van der Waals surface area contributed by atoms with Crippen LogP contribution in [0.1, 0.15) is 116 Å². The van der Waals surface area contributed by atoms with Crippen molar-refractivity contribution in [1.82, 2.24) is 0 Å². The summed E-state index contributed by atoms with van der Waals surface area (Å²) >= 11 is 0. The first-order valence-electron chi connectivity index (χ1n) is 11.5. The van der Waals surface area contributed by atoms with E-state index in [1.807, 2.05) is 0 Å². The van der Waals surface area contributed by atoms with Gasteiger partial charge in [0.2, 0.25) is 0 Å². The van der Waals surface area contributed by atoms with Gasteiger partial charge in [0.15, 0.2) is 0 Å². The molecule has 1 aliphatic rings. The average Bonchev–Trinajstić information content (AvgIpc) is 2.68. The van der Waals surface area contributed by atoms with Crippen LogP contribution in [0.25, 0.3) is 0 Å². The van der Waals surface area contributed by atoms with Crippen LogP contribution in [0.4, 0.5) is 0 Å². The molecule has 0 atom stereocenters. The van der Waals surface area contributed by atoms with Gasteiger partial charge in [0, 0.05) is 7.11 Å². The number of carbonyl (C=O) groups is 1. The molecule has 0 spiro atoms. The normalized spacial score (nSPS) is 20.2. The summed E-state index contributed by atoms with van der Waals surface area (Å²) in [5.41, 5.74) is 0. The van der Waals surface area contributed by atoms with Gasteiger partial charge >= 0.3 is 5.97 Å². The molecule has 0 aromatic carbocycles. The third kappa shape index (κ3) is 11.9. The Balaban J connectivity index is 1.80. The minimum absolute atomic E-state index is 0.0264. The van der Waals surface area contributed by atoms with E-state index in [-0.39, 0.29) is 11.9 Å². The Bertz CT molecular complexity index is 321. The summed E-state index contributed by atoms with van der Waals surface area (Å²) in [5.74, 6) is 0.141. The van der Waals surface area contributed by atoms with Gasteiger partial charge in [0.25, 0.3) is 0 Å². The number of methoxy groups -OCH3 is 1. The molecule has 3 nitrogen and oxygen atoms in total. The first-order valence-corrected chi connectivity index (χ1v) is 11.5. The van der Waals surface area contributed by atoms with Crippen molar-refractivity contribution in [2.75, 3.05) is 13.7 Å². The van der Waals surface area contributed by atoms with Gasteiger partial charge in [-0.1, -0.05) is 84.0 Å². The molecule has 0 unspecified atom stereocenters. The van der Waals surface area contributed by atoms with E-state index in [4.69, 9.17) is 9.47 Å². The summed E-state index contributed by atoms with van der Waals surface area (Å²) in [7, 11) is 1.76. The first kappa shape index (κ1) is 23.5. The molecule has 0 aromatic heterocycles. The fourth-order valence-corrected chi connectivity index (χ4v) is 3.94. The second kappa shape index (κ2) is 16.6. The van der Waals surface area contributed by atoms with Gasteiger partial charge in [-0.3, -0.25) is 4.79 Å². The maximum atomic E-state index is 12.0. The minimum atomic E-state index is 0.0264. The second-order valence-corrected chi connectivity index (χ2v) is 8.12. The van der Waals surface area contributed by atoms with Crippen molar-refractivity contribution in [3.63, 3.8) is 0 Å². The number of hydrogen-bond donors (Lipinski definition) is 0. The summed E-state index contributed by atoms with van der Waals surface area (Å²) in [6.07, 6.45) is 21.7. The van der Waals surface area contributed by atoms with Crippen molar-refractivity contribution in [2.45, 2.75) is 122 Å². The van der Waals surface area contributed by atoms with E-state index >= 15 is 0 Å². The second-order valence-electron chi connectivity index (χ2n) is 8.12. The van der Waals surface area contributed by atoms with Crippen molar-refractivity contribution in [1.29, 1.82) is 0 Å². The monoisotopic (exact) mass is 368 g/mol. The van der Waals surface area contributed by atoms with E-state index in [0.717, 1.165) is 32.1 Å². The number of esters is 1. The van der Waals surface area contributed by atoms with Crippen LogP contribution in [0.2, 0.25) is 0 Å². The van der Waals surface area contributed by atoms with Crippen molar-refractivity contribution in [2.24, 2.45) is 5.92 Å². The van der Waals surface area contributed by atoms with Crippen LogP contribution in [-0.4, -0.2) is 25.8 Å². The number of hydrogen-bond acceptors (Lipinski definition) is 3. The summed E-state index contributed by atoms with van der Waals surface area (Å²) in [4.78, 5) is 12.0. The third-order valence-corrected chi connectivity index (χ3v) is 5.83. The number of unbranched alkanes of at least 4 members (excludes halogenated alkanes) is 12. The quantitative estimate of drug-likeness (QED) is 0.221. The highest BCUT2D eigenvalue weighted by Crippen LogP contribution is 2.26. The lowest BCUT2D eigenvalue weighted by Gasteiger charge is -2.26. The van der Waals surface area contributed by atoms with Gasteiger partial charge in [-0.25, -0.2) is 0 Å². The van der Waals surface area contributed by atoms with E-state index in [0.29, 0.717) is 12.7 Å². The van der Waals surface area contributed by atoms with Crippen molar-refractivity contribution >= 4 is 5.97 Å². The predicted molar refractivity (Wildman–Crippen MR) is 109 cm³/mol.